The van der Waals surface area contributed by atoms with Crippen molar-refractivity contribution in [3.63, 3.8) is 0 Å². The van der Waals surface area contributed by atoms with Gasteiger partial charge >= 0.3 is 5.97 Å². The summed E-state index contributed by atoms with van der Waals surface area (Å²) < 4.78 is 6.91. The molecule has 0 radical (unpaired) electrons. The smallest absolute Gasteiger partial charge is 0.339 e. The molecule has 0 saturated heterocycles. The number of benzene rings is 2. The highest BCUT2D eigenvalue weighted by molar-refractivity contribution is 9.11. The first-order valence-corrected chi connectivity index (χ1v) is 11.5. The Balaban J connectivity index is 2.02. The van der Waals surface area contributed by atoms with Crippen LogP contribution in [0.5, 0.6) is 5.75 Å². The predicted molar refractivity (Wildman–Crippen MR) is 126 cm³/mol. The van der Waals surface area contributed by atoms with E-state index in [2.05, 4.69) is 53.1 Å². The SMILES string of the molecule is COc1c(Br)cc(Br)c(C(=O)Nc2csc(-c3ccc(Cl)cc3)c2C(=O)O)c1Br. The van der Waals surface area contributed by atoms with E-state index in [1.54, 1.807) is 35.7 Å². The summed E-state index contributed by atoms with van der Waals surface area (Å²) in [6.45, 7) is 0. The largest absolute Gasteiger partial charge is 0.494 e. The number of carboxylic acids is 1. The maximum Gasteiger partial charge on any atom is 0.339 e. The quantitative estimate of drug-likeness (QED) is 0.312. The summed E-state index contributed by atoms with van der Waals surface area (Å²) >= 11 is 17.3. The van der Waals surface area contributed by atoms with Gasteiger partial charge in [-0.05, 0) is 71.6 Å². The Morgan fingerprint density at radius 2 is 1.76 bits per heavy atom. The van der Waals surface area contributed by atoms with Crippen molar-refractivity contribution in [1.29, 1.82) is 0 Å². The molecule has 0 bridgehead atoms. The Labute approximate surface area is 200 Å². The fourth-order valence-corrected chi connectivity index (χ4v) is 6.56. The number of carbonyl (C=O) groups is 2. The van der Waals surface area contributed by atoms with Gasteiger partial charge in [0, 0.05) is 14.9 Å². The van der Waals surface area contributed by atoms with Crippen molar-refractivity contribution >= 4 is 88.3 Å². The van der Waals surface area contributed by atoms with E-state index in [0.29, 0.717) is 34.6 Å². The van der Waals surface area contributed by atoms with Crippen molar-refractivity contribution in [1.82, 2.24) is 0 Å². The molecule has 1 amide bonds. The third-order valence-electron chi connectivity index (χ3n) is 3.92. The van der Waals surface area contributed by atoms with E-state index >= 15 is 0 Å². The highest BCUT2D eigenvalue weighted by Crippen LogP contribution is 2.41. The first-order chi connectivity index (χ1) is 13.7. The molecule has 29 heavy (non-hydrogen) atoms. The maximum absolute atomic E-state index is 13.0. The number of nitrogens with one attached hydrogen (secondary N) is 1. The second-order valence-electron chi connectivity index (χ2n) is 5.68. The van der Waals surface area contributed by atoms with Gasteiger partial charge in [0.1, 0.15) is 11.3 Å². The molecule has 0 spiro atoms. The lowest BCUT2D eigenvalue weighted by atomic mass is 10.1. The predicted octanol–water partition coefficient (Wildman–Crippen LogP) is 7.32. The molecule has 0 aliphatic carbocycles. The minimum Gasteiger partial charge on any atom is -0.494 e. The van der Waals surface area contributed by atoms with Gasteiger partial charge in [0.2, 0.25) is 0 Å². The van der Waals surface area contributed by atoms with Crippen molar-refractivity contribution in [2.75, 3.05) is 12.4 Å². The van der Waals surface area contributed by atoms with Gasteiger partial charge in [0.15, 0.2) is 0 Å². The fraction of sp³-hybridized carbons (Fsp3) is 0.0526. The highest BCUT2D eigenvalue weighted by Gasteiger charge is 2.25. The van der Waals surface area contributed by atoms with E-state index in [1.807, 2.05) is 0 Å². The molecule has 0 fully saturated rings. The van der Waals surface area contributed by atoms with Crippen LogP contribution in [0.1, 0.15) is 20.7 Å². The molecule has 0 saturated carbocycles. The lowest BCUT2D eigenvalue weighted by Gasteiger charge is -2.13. The number of anilines is 1. The van der Waals surface area contributed by atoms with E-state index < -0.39 is 11.9 Å². The minimum absolute atomic E-state index is 0.0157. The van der Waals surface area contributed by atoms with Crippen molar-refractivity contribution in [2.45, 2.75) is 0 Å². The number of carboxylic acid groups (broad SMARTS) is 1. The monoisotopic (exact) mass is 621 g/mol. The highest BCUT2D eigenvalue weighted by atomic mass is 79.9. The number of hydrogen-bond donors (Lipinski definition) is 2. The number of hydrogen-bond acceptors (Lipinski definition) is 4. The number of amides is 1. The summed E-state index contributed by atoms with van der Waals surface area (Å²) in [7, 11) is 1.49. The van der Waals surface area contributed by atoms with Crippen LogP contribution in [0.2, 0.25) is 5.02 Å². The number of ether oxygens (including phenoxy) is 1. The van der Waals surface area contributed by atoms with Gasteiger partial charge in [-0.25, -0.2) is 4.79 Å². The molecule has 150 valence electrons. The van der Waals surface area contributed by atoms with E-state index in [0.717, 1.165) is 0 Å². The average Bonchev–Trinajstić information content (AvgIpc) is 3.06. The van der Waals surface area contributed by atoms with Crippen LogP contribution < -0.4 is 10.1 Å². The summed E-state index contributed by atoms with van der Waals surface area (Å²) in [5, 5.41) is 14.6. The Morgan fingerprint density at radius 3 is 2.34 bits per heavy atom. The summed E-state index contributed by atoms with van der Waals surface area (Å²) in [4.78, 5) is 25.4. The summed E-state index contributed by atoms with van der Waals surface area (Å²) in [5.41, 5.74) is 1.20. The van der Waals surface area contributed by atoms with Gasteiger partial charge in [-0.1, -0.05) is 23.7 Å². The van der Waals surface area contributed by atoms with Crippen molar-refractivity contribution < 1.29 is 19.4 Å². The van der Waals surface area contributed by atoms with Gasteiger partial charge in [0.05, 0.1) is 32.2 Å². The fourth-order valence-electron chi connectivity index (χ4n) is 2.63. The molecule has 0 aliphatic rings. The zero-order chi connectivity index (χ0) is 21.3. The van der Waals surface area contributed by atoms with Gasteiger partial charge in [0.25, 0.3) is 5.91 Å². The zero-order valence-corrected chi connectivity index (χ0v) is 20.9. The normalized spacial score (nSPS) is 10.7. The van der Waals surface area contributed by atoms with E-state index in [9.17, 15) is 14.7 Å². The van der Waals surface area contributed by atoms with Gasteiger partial charge in [-0.3, -0.25) is 4.79 Å². The Hall–Kier alpha value is -1.39. The third-order valence-corrected chi connectivity index (χ3v) is 7.17. The summed E-state index contributed by atoms with van der Waals surface area (Å²) in [6.07, 6.45) is 0. The minimum atomic E-state index is -1.14. The molecular formula is C19H11Br3ClNO4S. The molecule has 1 heterocycles. The standard InChI is InChI=1S/C19H11Br3ClNO4S/c1-28-16-11(21)6-10(20)13(15(16)22)18(25)24-12-7-29-17(14(12)19(26)27)8-2-4-9(23)5-3-8/h2-7H,1H3,(H,24,25)(H,26,27). The third kappa shape index (κ3) is 4.54. The maximum atomic E-state index is 13.0. The first kappa shape index (κ1) is 22.3. The molecular weight excluding hydrogens is 613 g/mol. The number of methoxy groups -OCH3 is 1. The molecule has 3 aromatic rings. The van der Waals surface area contributed by atoms with Crippen LogP contribution in [-0.4, -0.2) is 24.1 Å². The average molecular weight is 625 g/mol. The van der Waals surface area contributed by atoms with Crippen LogP contribution in [0.4, 0.5) is 5.69 Å². The lowest BCUT2D eigenvalue weighted by Crippen LogP contribution is -2.15. The molecule has 1 aromatic heterocycles. The number of halogens is 4. The topological polar surface area (TPSA) is 75.6 Å². The molecule has 10 heteroatoms. The zero-order valence-electron chi connectivity index (χ0n) is 14.6. The van der Waals surface area contributed by atoms with Crippen LogP contribution in [-0.2, 0) is 0 Å². The van der Waals surface area contributed by atoms with Crippen LogP contribution in [0.25, 0.3) is 10.4 Å². The summed E-state index contributed by atoms with van der Waals surface area (Å²) in [6, 6.07) is 8.52. The summed E-state index contributed by atoms with van der Waals surface area (Å²) in [5.74, 6) is -1.18. The Bertz CT molecular complexity index is 1120. The molecule has 0 aliphatic heterocycles. The van der Waals surface area contributed by atoms with Crippen molar-refractivity contribution in [3.05, 3.63) is 65.3 Å². The van der Waals surface area contributed by atoms with Crippen LogP contribution in [0, 0.1) is 0 Å². The number of carbonyl (C=O) groups excluding carboxylic acids is 1. The van der Waals surface area contributed by atoms with Crippen molar-refractivity contribution in [3.8, 4) is 16.2 Å². The second kappa shape index (κ2) is 9.18. The van der Waals surface area contributed by atoms with Crippen molar-refractivity contribution in [2.24, 2.45) is 0 Å². The van der Waals surface area contributed by atoms with Crippen LogP contribution >= 0.6 is 70.7 Å². The number of thiophene rings is 1. The molecule has 2 aromatic carbocycles. The number of aromatic carboxylic acids is 1. The molecule has 0 atom stereocenters. The molecule has 5 nitrogen and oxygen atoms in total. The molecule has 3 rings (SSSR count). The number of rotatable bonds is 5. The van der Waals surface area contributed by atoms with E-state index in [4.69, 9.17) is 16.3 Å². The molecule has 2 N–H and O–H groups in total. The van der Waals surface area contributed by atoms with Gasteiger partial charge in [-0.2, -0.15) is 0 Å². The Kier molecular flexibility index (Phi) is 7.06. The molecule has 0 unspecified atom stereocenters. The van der Waals surface area contributed by atoms with E-state index in [1.165, 1.54) is 18.4 Å². The van der Waals surface area contributed by atoms with Gasteiger partial charge < -0.3 is 15.2 Å². The van der Waals surface area contributed by atoms with Crippen LogP contribution in [0.3, 0.4) is 0 Å². The van der Waals surface area contributed by atoms with E-state index in [-0.39, 0.29) is 16.8 Å². The van der Waals surface area contributed by atoms with Crippen LogP contribution in [0.15, 0.2) is 49.1 Å². The lowest BCUT2D eigenvalue weighted by molar-refractivity contribution is 0.0699. The second-order valence-corrected chi connectivity index (χ2v) is 9.50. The first-order valence-electron chi connectivity index (χ1n) is 7.88. The Morgan fingerprint density at radius 1 is 1.10 bits per heavy atom. The van der Waals surface area contributed by atoms with Gasteiger partial charge in [-0.15, -0.1) is 11.3 Å².